The number of halogens is 2. The first-order valence-electron chi connectivity index (χ1n) is 9.80. The Morgan fingerprint density at radius 3 is 1.32 bits per heavy atom. The Balaban J connectivity index is 0.000000201. The summed E-state index contributed by atoms with van der Waals surface area (Å²) in [5.74, 6) is 0. The van der Waals surface area contributed by atoms with Gasteiger partial charge in [0.15, 0.2) is 0 Å². The van der Waals surface area contributed by atoms with Crippen molar-refractivity contribution in [3.05, 3.63) is 108 Å². The van der Waals surface area contributed by atoms with Crippen LogP contribution in [0.1, 0.15) is 11.1 Å². The Labute approximate surface area is 215 Å². The summed E-state index contributed by atoms with van der Waals surface area (Å²) in [6.07, 6.45) is 0. The zero-order chi connectivity index (χ0) is 19.1. The fraction of sp³-hybridized carbons (Fsp3) is 0.0714. The van der Waals surface area contributed by atoms with E-state index < -0.39 is 0 Å². The second-order valence-electron chi connectivity index (χ2n) is 7.54. The molecular weight excluding hydrogens is 498 g/mol. The van der Waals surface area contributed by atoms with Crippen molar-refractivity contribution in [2.24, 2.45) is 0 Å². The van der Waals surface area contributed by atoms with Crippen LogP contribution in [0.2, 0.25) is 0 Å². The summed E-state index contributed by atoms with van der Waals surface area (Å²) >= 11 is 0. The molecule has 0 unspecified atom stereocenters. The van der Waals surface area contributed by atoms with E-state index in [9.17, 15) is 0 Å². The molecule has 6 rings (SSSR count). The van der Waals surface area contributed by atoms with Crippen LogP contribution < -0.4 is 24.8 Å². The minimum Gasteiger partial charge on any atom is -1.00 e. The number of hydrogen-bond acceptors (Lipinski definition) is 0. The Morgan fingerprint density at radius 2 is 0.903 bits per heavy atom. The summed E-state index contributed by atoms with van der Waals surface area (Å²) in [4.78, 5) is 0. The van der Waals surface area contributed by atoms with Crippen molar-refractivity contribution in [2.45, 2.75) is 13.8 Å². The average Bonchev–Trinajstić information content (AvgIpc) is 3.29. The molecule has 0 heterocycles. The zero-order valence-electron chi connectivity index (χ0n) is 17.5. The molecule has 0 fully saturated rings. The van der Waals surface area contributed by atoms with Crippen LogP contribution in [0.4, 0.5) is 0 Å². The van der Waals surface area contributed by atoms with Crippen molar-refractivity contribution in [1.29, 1.82) is 0 Å². The third-order valence-corrected chi connectivity index (χ3v) is 5.75. The van der Waals surface area contributed by atoms with Gasteiger partial charge in [0, 0.05) is 0 Å². The number of fused-ring (bicyclic) bond motifs is 6. The minimum atomic E-state index is 0. The van der Waals surface area contributed by atoms with Gasteiger partial charge in [-0.2, -0.15) is 0 Å². The fourth-order valence-corrected chi connectivity index (χ4v) is 4.26. The van der Waals surface area contributed by atoms with Crippen LogP contribution in [0.3, 0.4) is 0 Å². The molecule has 0 N–H and O–H groups in total. The number of rotatable bonds is 0. The largest absolute Gasteiger partial charge is 4.00 e. The van der Waals surface area contributed by atoms with Gasteiger partial charge in [0.1, 0.15) is 0 Å². The molecule has 0 bridgehead atoms. The van der Waals surface area contributed by atoms with E-state index in [0.29, 0.717) is 0 Å². The number of aryl methyl sites for hydroxylation is 2. The summed E-state index contributed by atoms with van der Waals surface area (Å²) in [7, 11) is 0. The molecule has 0 aromatic heterocycles. The van der Waals surface area contributed by atoms with Crippen molar-refractivity contribution >= 4 is 21.5 Å². The van der Waals surface area contributed by atoms with Crippen molar-refractivity contribution in [2.75, 3.05) is 0 Å². The third-order valence-electron chi connectivity index (χ3n) is 5.75. The fourth-order valence-electron chi connectivity index (χ4n) is 4.26. The second kappa shape index (κ2) is 10.6. The van der Waals surface area contributed by atoms with E-state index >= 15 is 0 Å². The first-order valence-corrected chi connectivity index (χ1v) is 9.80. The molecule has 0 spiro atoms. The van der Waals surface area contributed by atoms with Gasteiger partial charge in [0.25, 0.3) is 0 Å². The van der Waals surface area contributed by atoms with E-state index in [-0.39, 0.29) is 51.0 Å². The summed E-state index contributed by atoms with van der Waals surface area (Å²) < 4.78 is 0. The van der Waals surface area contributed by atoms with E-state index in [1.54, 1.807) is 0 Å². The van der Waals surface area contributed by atoms with Gasteiger partial charge in [0.2, 0.25) is 0 Å². The average molecular weight is 521 g/mol. The maximum atomic E-state index is 2.28. The maximum absolute atomic E-state index is 2.28. The van der Waals surface area contributed by atoms with Crippen LogP contribution in [0.25, 0.3) is 43.8 Å². The van der Waals surface area contributed by atoms with Crippen LogP contribution >= 0.6 is 0 Å². The van der Waals surface area contributed by atoms with Crippen molar-refractivity contribution in [3.63, 3.8) is 0 Å². The van der Waals surface area contributed by atoms with Crippen LogP contribution in [0.15, 0.2) is 97.1 Å². The molecule has 2 aromatic carbocycles. The molecule has 31 heavy (non-hydrogen) atoms. The van der Waals surface area contributed by atoms with E-state index in [1.807, 2.05) is 0 Å². The predicted octanol–water partition coefficient (Wildman–Crippen LogP) is 1.95. The van der Waals surface area contributed by atoms with Crippen LogP contribution in [0.5, 0.6) is 0 Å². The molecule has 4 aliphatic carbocycles. The molecule has 152 valence electrons. The topological polar surface area (TPSA) is 0 Å². The Hall–Kier alpha value is -1.92. The first-order chi connectivity index (χ1) is 13.7. The SMILES string of the molecule is C[c-]1cccc2c3ccccc3cc1-2.C[c-]1cccc2c3ccccc3cc1-2.[Cl-].[Cl-].[Zr+4]. The molecule has 0 saturated carbocycles. The molecule has 0 saturated heterocycles. The quantitative estimate of drug-likeness (QED) is 0.269. The maximum Gasteiger partial charge on any atom is 4.00 e. The molecular formula is C28H22Cl2Zr. The van der Waals surface area contributed by atoms with Gasteiger partial charge in [-0.3, -0.25) is 0 Å². The van der Waals surface area contributed by atoms with Gasteiger partial charge >= 0.3 is 26.2 Å². The molecule has 3 heteroatoms. The molecule has 2 aromatic rings. The Morgan fingerprint density at radius 1 is 0.516 bits per heavy atom. The van der Waals surface area contributed by atoms with Gasteiger partial charge in [-0.25, -0.2) is 0 Å². The van der Waals surface area contributed by atoms with Crippen molar-refractivity contribution in [3.8, 4) is 22.3 Å². The van der Waals surface area contributed by atoms with Crippen LogP contribution in [-0.2, 0) is 26.2 Å². The molecule has 0 radical (unpaired) electrons. The van der Waals surface area contributed by atoms with Crippen molar-refractivity contribution < 1.29 is 51.0 Å². The van der Waals surface area contributed by atoms with Gasteiger partial charge in [-0.15, -0.1) is 81.9 Å². The minimum absolute atomic E-state index is 0. The van der Waals surface area contributed by atoms with Crippen molar-refractivity contribution in [1.82, 2.24) is 0 Å². The smallest absolute Gasteiger partial charge is 1.00 e. The van der Waals surface area contributed by atoms with Gasteiger partial charge < -0.3 is 24.8 Å². The number of hydrogen-bond donors (Lipinski definition) is 0. The standard InChI is InChI=1S/2C14H11.2ClH.Zr/c2*1-10-5-4-8-13-12-7-3-2-6-11(12)9-14(10)13;;;/h2*2-9H,1H3;2*1H;/q2*-1;;;+4/p-2. The zero-order valence-corrected chi connectivity index (χ0v) is 21.5. The number of benzene rings is 4. The van der Waals surface area contributed by atoms with Gasteiger partial charge in [-0.1, -0.05) is 83.9 Å². The first kappa shape index (κ1) is 25.3. The molecule has 0 aliphatic heterocycles. The van der Waals surface area contributed by atoms with Gasteiger partial charge in [0.05, 0.1) is 0 Å². The summed E-state index contributed by atoms with van der Waals surface area (Å²) in [6, 6.07) is 34.7. The second-order valence-corrected chi connectivity index (χ2v) is 7.54. The van der Waals surface area contributed by atoms with E-state index in [1.165, 1.54) is 54.9 Å². The molecule has 0 amide bonds. The van der Waals surface area contributed by atoms with E-state index in [2.05, 4.69) is 111 Å². The monoisotopic (exact) mass is 518 g/mol. The Bertz CT molecular complexity index is 1240. The molecule has 4 aliphatic rings. The van der Waals surface area contributed by atoms with E-state index in [0.717, 1.165) is 0 Å². The third kappa shape index (κ3) is 4.65. The summed E-state index contributed by atoms with van der Waals surface area (Å²) in [5.41, 5.74) is 8.24. The molecule has 0 atom stereocenters. The Kier molecular flexibility index (Phi) is 8.67. The van der Waals surface area contributed by atoms with Gasteiger partial charge in [-0.05, 0) is 0 Å². The summed E-state index contributed by atoms with van der Waals surface area (Å²) in [6.45, 7) is 4.34. The van der Waals surface area contributed by atoms with Crippen LogP contribution in [-0.4, -0.2) is 0 Å². The normalized spacial score (nSPS) is 10.1. The summed E-state index contributed by atoms with van der Waals surface area (Å²) in [5, 5.41) is 5.42. The molecule has 0 nitrogen and oxygen atoms in total. The van der Waals surface area contributed by atoms with E-state index in [4.69, 9.17) is 0 Å². The predicted molar refractivity (Wildman–Crippen MR) is 122 cm³/mol. The van der Waals surface area contributed by atoms with Crippen LogP contribution in [0, 0.1) is 13.8 Å².